The summed E-state index contributed by atoms with van der Waals surface area (Å²) in [6.07, 6.45) is -3.20. The van der Waals surface area contributed by atoms with Gasteiger partial charge in [0.2, 0.25) is 0 Å². The molecule has 1 heterocycles. The zero-order valence-corrected chi connectivity index (χ0v) is 6.01. The van der Waals surface area contributed by atoms with Crippen LogP contribution in [0.3, 0.4) is 0 Å². The van der Waals surface area contributed by atoms with Gasteiger partial charge in [-0.25, -0.2) is 0 Å². The molecule has 11 heavy (non-hydrogen) atoms. The normalized spacial score (nSPS) is 45.8. The standard InChI is InChI=1S/C6H13NO4/c8-2-3-5(10)6(11)4(9)1-7-3/h3-11H,1-2H2/t3?,4?,5-,6-/m0/s1. The molecule has 0 amide bonds. The monoisotopic (exact) mass is 163 g/mol. The second kappa shape index (κ2) is 3.46. The molecule has 0 aromatic carbocycles. The molecule has 0 aliphatic carbocycles. The van der Waals surface area contributed by atoms with Crippen molar-refractivity contribution in [3.8, 4) is 0 Å². The smallest absolute Gasteiger partial charge is 0.109 e. The van der Waals surface area contributed by atoms with E-state index in [-0.39, 0.29) is 13.2 Å². The van der Waals surface area contributed by atoms with Crippen LogP contribution >= 0.6 is 0 Å². The van der Waals surface area contributed by atoms with E-state index < -0.39 is 24.4 Å². The number of aliphatic hydroxyl groups excluding tert-OH is 4. The summed E-state index contributed by atoms with van der Waals surface area (Å²) in [5, 5.41) is 38.6. The predicted molar refractivity (Wildman–Crippen MR) is 36.9 cm³/mol. The van der Waals surface area contributed by atoms with Gasteiger partial charge in [0.1, 0.15) is 6.10 Å². The van der Waals surface area contributed by atoms with Gasteiger partial charge in [-0.2, -0.15) is 0 Å². The van der Waals surface area contributed by atoms with Crippen molar-refractivity contribution in [3.63, 3.8) is 0 Å². The molecule has 2 unspecified atom stereocenters. The molecule has 1 fully saturated rings. The molecule has 0 spiro atoms. The molecule has 5 nitrogen and oxygen atoms in total. The highest BCUT2D eigenvalue weighted by molar-refractivity contribution is 4.91. The van der Waals surface area contributed by atoms with Crippen molar-refractivity contribution >= 4 is 0 Å². The van der Waals surface area contributed by atoms with Crippen LogP contribution in [0, 0.1) is 0 Å². The summed E-state index contributed by atoms with van der Waals surface area (Å²) in [5.41, 5.74) is 0. The van der Waals surface area contributed by atoms with E-state index in [9.17, 15) is 5.11 Å². The van der Waals surface area contributed by atoms with Crippen LogP contribution in [0.15, 0.2) is 0 Å². The predicted octanol–water partition coefficient (Wildman–Crippen LogP) is -2.97. The molecule has 1 aliphatic rings. The van der Waals surface area contributed by atoms with Crippen LogP contribution in [0.25, 0.3) is 0 Å². The van der Waals surface area contributed by atoms with Crippen molar-refractivity contribution in [1.82, 2.24) is 5.32 Å². The first-order valence-electron chi connectivity index (χ1n) is 3.55. The SMILES string of the molecule is OCC1NCC(O)[C@H](O)[C@H]1O. The Labute approximate surface area is 64.3 Å². The first-order chi connectivity index (χ1) is 5.16. The lowest BCUT2D eigenvalue weighted by Gasteiger charge is -2.34. The fourth-order valence-corrected chi connectivity index (χ4v) is 1.15. The fourth-order valence-electron chi connectivity index (χ4n) is 1.15. The Bertz CT molecular complexity index is 130. The molecule has 5 heteroatoms. The van der Waals surface area contributed by atoms with Gasteiger partial charge in [0.05, 0.1) is 24.9 Å². The largest absolute Gasteiger partial charge is 0.395 e. The fraction of sp³-hybridized carbons (Fsp3) is 1.00. The summed E-state index contributed by atoms with van der Waals surface area (Å²) in [6, 6.07) is -0.534. The number of nitrogens with one attached hydrogen (secondary N) is 1. The topological polar surface area (TPSA) is 93.0 Å². The van der Waals surface area contributed by atoms with Gasteiger partial charge in [-0.3, -0.25) is 0 Å². The Kier molecular flexibility index (Phi) is 2.80. The van der Waals surface area contributed by atoms with E-state index in [1.54, 1.807) is 0 Å². The van der Waals surface area contributed by atoms with Gasteiger partial charge in [-0.1, -0.05) is 0 Å². The van der Waals surface area contributed by atoms with Crippen molar-refractivity contribution in [1.29, 1.82) is 0 Å². The lowest BCUT2D eigenvalue weighted by molar-refractivity contribution is -0.101. The van der Waals surface area contributed by atoms with Gasteiger partial charge < -0.3 is 25.7 Å². The zero-order valence-electron chi connectivity index (χ0n) is 6.01. The number of hydrogen-bond acceptors (Lipinski definition) is 5. The molecule has 0 radical (unpaired) electrons. The molecule has 0 saturated carbocycles. The highest BCUT2D eigenvalue weighted by Crippen LogP contribution is 2.09. The molecule has 66 valence electrons. The van der Waals surface area contributed by atoms with Gasteiger partial charge in [-0.15, -0.1) is 0 Å². The number of rotatable bonds is 1. The van der Waals surface area contributed by atoms with Crippen LogP contribution < -0.4 is 5.32 Å². The van der Waals surface area contributed by atoms with E-state index in [2.05, 4.69) is 5.32 Å². The Morgan fingerprint density at radius 1 is 1.18 bits per heavy atom. The molecule has 0 aromatic rings. The highest BCUT2D eigenvalue weighted by Gasteiger charge is 2.35. The molecular formula is C6H13NO4. The summed E-state index contributed by atoms with van der Waals surface area (Å²) in [6.45, 7) is -0.0472. The second-order valence-corrected chi connectivity index (χ2v) is 2.75. The van der Waals surface area contributed by atoms with Crippen molar-refractivity contribution in [2.75, 3.05) is 13.2 Å². The molecule has 1 aliphatic heterocycles. The maximum Gasteiger partial charge on any atom is 0.109 e. The first kappa shape index (κ1) is 8.89. The van der Waals surface area contributed by atoms with Crippen LogP contribution in [0.2, 0.25) is 0 Å². The number of aliphatic hydroxyl groups is 4. The van der Waals surface area contributed by atoms with E-state index in [0.717, 1.165) is 0 Å². The third kappa shape index (κ3) is 1.69. The molecule has 5 N–H and O–H groups in total. The average molecular weight is 163 g/mol. The maximum absolute atomic E-state index is 9.18. The minimum Gasteiger partial charge on any atom is -0.395 e. The van der Waals surface area contributed by atoms with Crippen molar-refractivity contribution in [2.24, 2.45) is 0 Å². The van der Waals surface area contributed by atoms with Crippen LogP contribution in [-0.2, 0) is 0 Å². The Morgan fingerprint density at radius 2 is 1.82 bits per heavy atom. The lowest BCUT2D eigenvalue weighted by Crippen LogP contribution is -2.60. The minimum absolute atomic E-state index is 0.198. The van der Waals surface area contributed by atoms with Crippen molar-refractivity contribution < 1.29 is 20.4 Å². The van der Waals surface area contributed by atoms with Gasteiger partial charge in [0, 0.05) is 6.54 Å². The molecule has 0 bridgehead atoms. The molecule has 1 rings (SSSR count). The number of piperidine rings is 1. The third-order valence-corrected chi connectivity index (χ3v) is 1.94. The lowest BCUT2D eigenvalue weighted by atomic mass is 9.97. The summed E-state index contributed by atoms with van der Waals surface area (Å²) < 4.78 is 0. The van der Waals surface area contributed by atoms with Crippen LogP contribution in [0.1, 0.15) is 0 Å². The summed E-state index contributed by atoms with van der Waals surface area (Å²) in [4.78, 5) is 0. The summed E-state index contributed by atoms with van der Waals surface area (Å²) in [7, 11) is 0. The summed E-state index contributed by atoms with van der Waals surface area (Å²) >= 11 is 0. The maximum atomic E-state index is 9.18. The van der Waals surface area contributed by atoms with Gasteiger partial charge in [-0.05, 0) is 0 Å². The zero-order chi connectivity index (χ0) is 8.43. The van der Waals surface area contributed by atoms with Gasteiger partial charge in [0.15, 0.2) is 0 Å². The van der Waals surface area contributed by atoms with E-state index in [1.807, 2.05) is 0 Å². The quantitative estimate of drug-likeness (QED) is 0.285. The number of hydrogen-bond donors (Lipinski definition) is 5. The van der Waals surface area contributed by atoms with E-state index in [0.29, 0.717) is 0 Å². The number of β-amino-alcohol motifs (C(OH)–C–C–N with tert-alkyl or cyclic N) is 1. The Hall–Kier alpha value is -0.200. The molecule has 4 atom stereocenters. The molecule has 1 saturated heterocycles. The second-order valence-electron chi connectivity index (χ2n) is 2.75. The highest BCUT2D eigenvalue weighted by atomic mass is 16.4. The third-order valence-electron chi connectivity index (χ3n) is 1.94. The van der Waals surface area contributed by atoms with E-state index in [4.69, 9.17) is 15.3 Å². The average Bonchev–Trinajstić information content (AvgIpc) is 2.01. The Balaban J connectivity index is 2.52. The van der Waals surface area contributed by atoms with Crippen molar-refractivity contribution in [3.05, 3.63) is 0 Å². The van der Waals surface area contributed by atoms with E-state index in [1.165, 1.54) is 0 Å². The summed E-state index contributed by atoms with van der Waals surface area (Å²) in [5.74, 6) is 0. The van der Waals surface area contributed by atoms with Crippen LogP contribution in [-0.4, -0.2) is 57.9 Å². The van der Waals surface area contributed by atoms with E-state index >= 15 is 0 Å². The van der Waals surface area contributed by atoms with Crippen molar-refractivity contribution in [2.45, 2.75) is 24.4 Å². The van der Waals surface area contributed by atoms with Crippen LogP contribution in [0.5, 0.6) is 0 Å². The molecular weight excluding hydrogens is 150 g/mol. The van der Waals surface area contributed by atoms with Gasteiger partial charge >= 0.3 is 0 Å². The Morgan fingerprint density at radius 3 is 2.36 bits per heavy atom. The minimum atomic E-state index is -1.16. The first-order valence-corrected chi connectivity index (χ1v) is 3.55. The molecule has 0 aromatic heterocycles. The van der Waals surface area contributed by atoms with Gasteiger partial charge in [0.25, 0.3) is 0 Å². The van der Waals surface area contributed by atoms with Crippen LogP contribution in [0.4, 0.5) is 0 Å².